The zero-order valence-corrected chi connectivity index (χ0v) is 22.4. The van der Waals surface area contributed by atoms with E-state index in [-0.39, 0.29) is 5.03 Å². The molecule has 6 rings (SSSR count). The van der Waals surface area contributed by atoms with Crippen LogP contribution in [0.2, 0.25) is 5.02 Å². The fourth-order valence-corrected chi connectivity index (χ4v) is 7.23. The third-order valence-electron chi connectivity index (χ3n) is 8.60. The van der Waals surface area contributed by atoms with E-state index in [2.05, 4.69) is 9.71 Å². The first-order chi connectivity index (χ1) is 17.5. The summed E-state index contributed by atoms with van der Waals surface area (Å²) in [7, 11) is -4.22. The van der Waals surface area contributed by atoms with Gasteiger partial charge in [-0.2, -0.15) is 8.42 Å². The molecule has 37 heavy (non-hydrogen) atoms. The van der Waals surface area contributed by atoms with E-state index < -0.39 is 27.1 Å². The highest BCUT2D eigenvalue weighted by Gasteiger charge is 2.55. The van der Waals surface area contributed by atoms with E-state index in [1.165, 1.54) is 25.3 Å². The van der Waals surface area contributed by atoms with Crippen LogP contribution in [0.1, 0.15) is 69.8 Å². The second-order valence-corrected chi connectivity index (χ2v) is 13.7. The second-order valence-electron chi connectivity index (χ2n) is 11.7. The minimum Gasteiger partial charge on any atom is -0.477 e. The van der Waals surface area contributed by atoms with Gasteiger partial charge >= 0.3 is 0 Å². The minimum absolute atomic E-state index is 0.246. The van der Waals surface area contributed by atoms with Gasteiger partial charge in [0, 0.05) is 31.0 Å². The molecule has 1 atom stereocenters. The number of carbonyl (C=O) groups excluding carboxylic acids is 1. The molecule has 2 heterocycles. The van der Waals surface area contributed by atoms with Gasteiger partial charge in [0.15, 0.2) is 10.6 Å². The van der Waals surface area contributed by atoms with Gasteiger partial charge in [-0.15, -0.1) is 0 Å². The summed E-state index contributed by atoms with van der Waals surface area (Å²) in [5, 5.41) is 10.5. The maximum Gasteiger partial charge on any atom is 0.281 e. The van der Waals surface area contributed by atoms with Crippen molar-refractivity contribution in [3.05, 3.63) is 47.0 Å². The highest BCUT2D eigenvalue weighted by atomic mass is 35.5. The number of aromatic nitrogens is 1. The van der Waals surface area contributed by atoms with E-state index in [0.29, 0.717) is 60.3 Å². The first-order valence-electron chi connectivity index (χ1n) is 13.0. The second kappa shape index (κ2) is 8.58. The predicted molar refractivity (Wildman–Crippen MR) is 139 cm³/mol. The number of nitrogens with zero attached hydrogens (tertiary/aromatic N) is 2. The Kier molecular flexibility index (Phi) is 5.78. The minimum atomic E-state index is -4.22. The molecule has 3 aliphatic carbocycles. The Morgan fingerprint density at radius 2 is 1.92 bits per heavy atom. The number of sulfonamides is 1. The van der Waals surface area contributed by atoms with Crippen LogP contribution in [0.15, 0.2) is 41.4 Å². The van der Waals surface area contributed by atoms with Crippen molar-refractivity contribution in [1.29, 1.82) is 0 Å². The van der Waals surface area contributed by atoms with Crippen LogP contribution in [0, 0.1) is 5.41 Å². The summed E-state index contributed by atoms with van der Waals surface area (Å²) in [4.78, 5) is 19.4. The normalized spacial score (nSPS) is 25.9. The highest BCUT2D eigenvalue weighted by molar-refractivity contribution is 7.90. The molecule has 0 radical (unpaired) electrons. The Balaban J connectivity index is 1.17. The van der Waals surface area contributed by atoms with Crippen LogP contribution in [-0.4, -0.2) is 48.7 Å². The summed E-state index contributed by atoms with van der Waals surface area (Å²) in [6.45, 7) is 2.67. The quantitative estimate of drug-likeness (QED) is 0.537. The lowest BCUT2D eigenvalue weighted by molar-refractivity contribution is -0.128. The maximum atomic E-state index is 13.2. The Labute approximate surface area is 222 Å². The van der Waals surface area contributed by atoms with Crippen LogP contribution in [0.3, 0.4) is 0 Å². The number of carbonyl (C=O) groups is 1. The molecule has 2 N–H and O–H groups in total. The molecule has 1 spiro atoms. The molecule has 10 heteroatoms. The molecule has 2 aromatic rings. The van der Waals surface area contributed by atoms with Crippen LogP contribution in [0.4, 0.5) is 5.82 Å². The Morgan fingerprint density at radius 3 is 2.54 bits per heavy atom. The van der Waals surface area contributed by atoms with Gasteiger partial charge in [-0.05, 0) is 80.2 Å². The molecule has 0 unspecified atom stereocenters. The zero-order valence-electron chi connectivity index (χ0n) is 20.9. The molecule has 4 aliphatic rings. The average Bonchev–Trinajstić information content (AvgIpc) is 3.48. The molecular weight excluding hydrogens is 514 g/mol. The number of benzene rings is 1. The number of nitrogens with one attached hydrogen (secondary N) is 1. The lowest BCUT2D eigenvalue weighted by Gasteiger charge is -2.54. The first kappa shape index (κ1) is 24.9. The third kappa shape index (κ3) is 4.70. The van der Waals surface area contributed by atoms with Crippen LogP contribution < -0.4 is 14.4 Å². The van der Waals surface area contributed by atoms with Crippen LogP contribution in [-0.2, 0) is 14.8 Å². The van der Waals surface area contributed by atoms with Crippen molar-refractivity contribution in [3.63, 3.8) is 0 Å². The SMILES string of the molecule is C[C@@]1(O)CCN(c2cccc(S(=O)(=O)NC(=O)C3(Oc4cc(Cl)ccc4C4CC5(CCC5)C4)CC3)n2)C1. The summed E-state index contributed by atoms with van der Waals surface area (Å²) in [6, 6.07) is 10.2. The average molecular weight is 546 g/mol. The number of rotatable bonds is 7. The van der Waals surface area contributed by atoms with Crippen molar-refractivity contribution in [2.24, 2.45) is 5.41 Å². The lowest BCUT2D eigenvalue weighted by atomic mass is 9.50. The van der Waals surface area contributed by atoms with Crippen LogP contribution >= 0.6 is 11.6 Å². The number of β-amino-alcohol motifs (C(OH)–C–C–N with tert-alkyl or cyclic N) is 1. The molecule has 1 aromatic carbocycles. The van der Waals surface area contributed by atoms with Gasteiger partial charge in [-0.25, -0.2) is 9.71 Å². The van der Waals surface area contributed by atoms with Crippen molar-refractivity contribution in [1.82, 2.24) is 9.71 Å². The van der Waals surface area contributed by atoms with Crippen molar-refractivity contribution < 1.29 is 23.1 Å². The van der Waals surface area contributed by atoms with Gasteiger partial charge in [0.25, 0.3) is 15.9 Å². The third-order valence-corrected chi connectivity index (χ3v) is 10.1. The topological polar surface area (TPSA) is 109 Å². The fraction of sp³-hybridized carbons (Fsp3) is 0.556. The molecule has 1 saturated heterocycles. The van der Waals surface area contributed by atoms with Crippen LogP contribution in [0.5, 0.6) is 5.75 Å². The van der Waals surface area contributed by atoms with Crippen molar-refractivity contribution in [2.45, 2.75) is 80.4 Å². The van der Waals surface area contributed by atoms with Crippen molar-refractivity contribution in [3.8, 4) is 5.75 Å². The molecule has 198 valence electrons. The van der Waals surface area contributed by atoms with Gasteiger partial charge in [0.1, 0.15) is 11.6 Å². The summed E-state index contributed by atoms with van der Waals surface area (Å²) >= 11 is 6.27. The molecule has 0 bridgehead atoms. The molecule has 8 nitrogen and oxygen atoms in total. The van der Waals surface area contributed by atoms with E-state index in [0.717, 1.165) is 18.4 Å². The number of halogens is 1. The standard InChI is InChI=1S/C27H32ClN3O5S/c1-25(33)12-13-31(17-25)22-4-2-5-23(29-22)37(34,35)30-24(32)27(10-11-27)36-21-14-19(28)6-7-20(21)18-15-26(16-18)8-3-9-26/h2,4-7,14,18,33H,3,8-13,15-17H2,1H3,(H,30,32)/t25-/m1/s1. The molecule has 1 aliphatic heterocycles. The Hall–Kier alpha value is -2.36. The Bertz CT molecular complexity index is 1350. The first-order valence-corrected chi connectivity index (χ1v) is 14.8. The van der Waals surface area contributed by atoms with Crippen molar-refractivity contribution in [2.75, 3.05) is 18.0 Å². The van der Waals surface area contributed by atoms with E-state index in [9.17, 15) is 18.3 Å². The van der Waals surface area contributed by atoms with Gasteiger partial charge in [-0.1, -0.05) is 30.2 Å². The van der Waals surface area contributed by atoms with Gasteiger partial charge in [-0.3, -0.25) is 4.79 Å². The van der Waals surface area contributed by atoms with Gasteiger partial charge < -0.3 is 14.7 Å². The fourth-order valence-electron chi connectivity index (χ4n) is 6.06. The maximum absolute atomic E-state index is 13.2. The molecule has 4 fully saturated rings. The summed E-state index contributed by atoms with van der Waals surface area (Å²) in [5.41, 5.74) is -0.566. The van der Waals surface area contributed by atoms with E-state index in [1.807, 2.05) is 17.0 Å². The summed E-state index contributed by atoms with van der Waals surface area (Å²) < 4.78 is 34.7. The lowest BCUT2D eigenvalue weighted by Crippen LogP contribution is -2.44. The highest BCUT2D eigenvalue weighted by Crippen LogP contribution is 2.63. The van der Waals surface area contributed by atoms with E-state index in [1.54, 1.807) is 25.1 Å². The molecule has 1 aromatic heterocycles. The number of hydrogen-bond donors (Lipinski definition) is 2. The van der Waals surface area contributed by atoms with Gasteiger partial charge in [0.05, 0.1) is 5.60 Å². The monoisotopic (exact) mass is 545 g/mol. The Morgan fingerprint density at radius 1 is 1.16 bits per heavy atom. The van der Waals surface area contributed by atoms with Gasteiger partial charge in [0.2, 0.25) is 0 Å². The molecule has 3 saturated carbocycles. The van der Waals surface area contributed by atoms with Crippen molar-refractivity contribution >= 4 is 33.3 Å². The number of pyridine rings is 1. The van der Waals surface area contributed by atoms with Crippen LogP contribution in [0.25, 0.3) is 0 Å². The predicted octanol–water partition coefficient (Wildman–Crippen LogP) is 4.16. The smallest absolute Gasteiger partial charge is 0.281 e. The number of aliphatic hydroxyl groups is 1. The number of ether oxygens (including phenoxy) is 1. The molecular formula is C27H32ClN3O5S. The molecule has 1 amide bonds. The number of hydrogen-bond acceptors (Lipinski definition) is 7. The largest absolute Gasteiger partial charge is 0.477 e. The van der Waals surface area contributed by atoms with E-state index in [4.69, 9.17) is 16.3 Å². The summed E-state index contributed by atoms with van der Waals surface area (Å²) in [6.07, 6.45) is 7.50. The van der Waals surface area contributed by atoms with E-state index >= 15 is 0 Å². The summed E-state index contributed by atoms with van der Waals surface area (Å²) in [5.74, 6) is 0.684. The number of amides is 1. The zero-order chi connectivity index (χ0) is 26.1. The number of anilines is 1.